The summed E-state index contributed by atoms with van der Waals surface area (Å²) in [7, 11) is 0. The quantitative estimate of drug-likeness (QED) is 0.634. The van der Waals surface area contributed by atoms with Gasteiger partial charge in [-0.05, 0) is 18.6 Å². The second-order valence-corrected chi connectivity index (χ2v) is 4.21. The summed E-state index contributed by atoms with van der Waals surface area (Å²) < 4.78 is 6.60. The fourth-order valence-electron chi connectivity index (χ4n) is 1.62. The molecule has 0 saturated carbocycles. The molecule has 2 aliphatic rings. The van der Waals surface area contributed by atoms with Gasteiger partial charge in [-0.1, -0.05) is 22.0 Å². The Balaban J connectivity index is 2.24. The lowest BCUT2D eigenvalue weighted by molar-refractivity contribution is -0.119. The van der Waals surface area contributed by atoms with Crippen LogP contribution in [0.2, 0.25) is 0 Å². The van der Waals surface area contributed by atoms with E-state index in [0.717, 1.165) is 10.9 Å². The van der Waals surface area contributed by atoms with Crippen LogP contribution in [0, 0.1) is 0 Å². The highest BCUT2D eigenvalue weighted by atomic mass is 79.9. The highest BCUT2D eigenvalue weighted by Gasteiger charge is 2.36. The Kier molecular flexibility index (Phi) is 1.93. The zero-order valence-corrected chi connectivity index (χ0v) is 8.13. The molecule has 12 heavy (non-hydrogen) atoms. The number of ketones is 1. The molecule has 0 aromatic rings. The summed E-state index contributed by atoms with van der Waals surface area (Å²) in [6, 6.07) is 0. The van der Waals surface area contributed by atoms with Crippen molar-refractivity contribution in [2.24, 2.45) is 0 Å². The van der Waals surface area contributed by atoms with Crippen molar-refractivity contribution in [2.45, 2.75) is 18.4 Å². The molecule has 0 N–H and O–H groups in total. The van der Waals surface area contributed by atoms with Gasteiger partial charge in [0.2, 0.25) is 0 Å². The summed E-state index contributed by atoms with van der Waals surface area (Å²) in [5, 5.41) is 0. The fraction of sp³-hybridized carbons (Fsp3) is 0.444. The minimum absolute atomic E-state index is 0.153. The van der Waals surface area contributed by atoms with Gasteiger partial charge in [0.05, 0.1) is 12.2 Å². The van der Waals surface area contributed by atoms with Crippen LogP contribution in [0.1, 0.15) is 12.8 Å². The number of halogens is 1. The number of allylic oxidation sites excluding steroid dienone is 1. The molecule has 0 aromatic carbocycles. The Bertz CT molecular complexity index is 280. The topological polar surface area (TPSA) is 26.3 Å². The molecule has 1 heterocycles. The van der Waals surface area contributed by atoms with E-state index in [9.17, 15) is 4.79 Å². The minimum Gasteiger partial charge on any atom is -0.365 e. The molecule has 1 aliphatic heterocycles. The number of rotatable bonds is 0. The Morgan fingerprint density at radius 1 is 1.58 bits per heavy atom. The first-order valence-electron chi connectivity index (χ1n) is 3.91. The van der Waals surface area contributed by atoms with Crippen molar-refractivity contribution in [3.8, 4) is 0 Å². The third-order valence-corrected chi connectivity index (χ3v) is 2.62. The molecule has 2 nitrogen and oxygen atoms in total. The van der Waals surface area contributed by atoms with E-state index in [1.165, 1.54) is 0 Å². The van der Waals surface area contributed by atoms with Gasteiger partial charge in [-0.15, -0.1) is 0 Å². The Morgan fingerprint density at radius 2 is 2.42 bits per heavy atom. The zero-order valence-electron chi connectivity index (χ0n) is 6.55. The van der Waals surface area contributed by atoms with Gasteiger partial charge < -0.3 is 4.74 Å². The molecule has 0 aromatic heterocycles. The summed E-state index contributed by atoms with van der Waals surface area (Å²) >= 11 is 3.37. The zero-order chi connectivity index (χ0) is 8.60. The molecule has 0 saturated heterocycles. The highest BCUT2D eigenvalue weighted by molar-refractivity contribution is 9.11. The van der Waals surface area contributed by atoms with Crippen LogP contribution in [-0.4, -0.2) is 18.0 Å². The van der Waals surface area contributed by atoms with Gasteiger partial charge in [0.1, 0.15) is 0 Å². The molecular weight excluding hydrogens is 220 g/mol. The second-order valence-electron chi connectivity index (χ2n) is 3.19. The van der Waals surface area contributed by atoms with Crippen molar-refractivity contribution < 1.29 is 9.53 Å². The lowest BCUT2D eigenvalue weighted by Crippen LogP contribution is -2.31. The van der Waals surface area contributed by atoms with Gasteiger partial charge in [-0.2, -0.15) is 0 Å². The maximum atomic E-state index is 11.1. The molecule has 3 heteroatoms. The van der Waals surface area contributed by atoms with Crippen LogP contribution < -0.4 is 0 Å². The monoisotopic (exact) mass is 228 g/mol. The van der Waals surface area contributed by atoms with Crippen LogP contribution in [0.3, 0.4) is 0 Å². The van der Waals surface area contributed by atoms with E-state index < -0.39 is 0 Å². The first kappa shape index (κ1) is 8.20. The first-order valence-corrected chi connectivity index (χ1v) is 4.70. The lowest BCUT2D eigenvalue weighted by Gasteiger charge is -2.26. The van der Waals surface area contributed by atoms with Gasteiger partial charge in [0.25, 0.3) is 0 Å². The maximum absolute atomic E-state index is 11.1. The van der Waals surface area contributed by atoms with E-state index in [4.69, 9.17) is 4.74 Å². The molecule has 1 aliphatic carbocycles. The van der Waals surface area contributed by atoms with Gasteiger partial charge in [-0.3, -0.25) is 4.79 Å². The molecule has 2 rings (SSSR count). The van der Waals surface area contributed by atoms with Gasteiger partial charge >= 0.3 is 0 Å². The maximum Gasteiger partial charge on any atom is 0.158 e. The fourth-order valence-corrected chi connectivity index (χ4v) is 2.15. The van der Waals surface area contributed by atoms with Gasteiger partial charge in [0, 0.05) is 10.9 Å². The largest absolute Gasteiger partial charge is 0.365 e. The standard InChI is InChI=1S/C9H9BrO2/c10-7-4-9(12-6-7)3-1-2-8(11)5-9/h1-2,4H,3,5-6H2. The smallest absolute Gasteiger partial charge is 0.158 e. The van der Waals surface area contributed by atoms with Crippen LogP contribution in [0.15, 0.2) is 22.7 Å². The molecule has 64 valence electrons. The summed E-state index contributed by atoms with van der Waals surface area (Å²) in [4.78, 5) is 11.1. The normalized spacial score (nSPS) is 34.4. The molecule has 0 fully saturated rings. The number of ether oxygens (including phenoxy) is 1. The SMILES string of the molecule is O=C1C=CCC2(C=C(Br)CO2)C1. The Morgan fingerprint density at radius 3 is 3.00 bits per heavy atom. The molecule has 1 unspecified atom stereocenters. The minimum atomic E-state index is -0.329. The van der Waals surface area contributed by atoms with Crippen LogP contribution in [0.4, 0.5) is 0 Å². The molecule has 0 radical (unpaired) electrons. The van der Waals surface area contributed by atoms with E-state index in [2.05, 4.69) is 15.9 Å². The van der Waals surface area contributed by atoms with Crippen LogP contribution in [0.25, 0.3) is 0 Å². The summed E-state index contributed by atoms with van der Waals surface area (Å²) in [5.74, 6) is 0.153. The van der Waals surface area contributed by atoms with Crippen molar-refractivity contribution in [1.82, 2.24) is 0 Å². The van der Waals surface area contributed by atoms with Crippen molar-refractivity contribution in [3.63, 3.8) is 0 Å². The number of carbonyl (C=O) groups excluding carboxylic acids is 1. The van der Waals surface area contributed by atoms with Crippen molar-refractivity contribution in [1.29, 1.82) is 0 Å². The van der Waals surface area contributed by atoms with Crippen LogP contribution in [-0.2, 0) is 9.53 Å². The molecular formula is C9H9BrO2. The van der Waals surface area contributed by atoms with E-state index in [-0.39, 0.29) is 11.4 Å². The van der Waals surface area contributed by atoms with Gasteiger partial charge in [-0.25, -0.2) is 0 Å². The van der Waals surface area contributed by atoms with E-state index in [1.54, 1.807) is 6.08 Å². The lowest BCUT2D eigenvalue weighted by atomic mass is 9.89. The summed E-state index contributed by atoms with van der Waals surface area (Å²) in [6.07, 6.45) is 6.82. The molecule has 0 amide bonds. The summed E-state index contributed by atoms with van der Waals surface area (Å²) in [6.45, 7) is 0.598. The first-order chi connectivity index (χ1) is 5.70. The highest BCUT2D eigenvalue weighted by Crippen LogP contribution is 2.35. The molecule has 1 atom stereocenters. The van der Waals surface area contributed by atoms with E-state index >= 15 is 0 Å². The van der Waals surface area contributed by atoms with Crippen molar-refractivity contribution in [2.75, 3.05) is 6.61 Å². The Labute approximate surface area is 79.4 Å². The second kappa shape index (κ2) is 2.82. The average molecular weight is 229 g/mol. The predicted octanol–water partition coefficient (Wildman–Crippen LogP) is 1.95. The van der Waals surface area contributed by atoms with Crippen molar-refractivity contribution >= 4 is 21.7 Å². The van der Waals surface area contributed by atoms with Gasteiger partial charge in [0.15, 0.2) is 5.78 Å². The van der Waals surface area contributed by atoms with Crippen molar-refractivity contribution in [3.05, 3.63) is 22.7 Å². The molecule has 1 spiro atoms. The average Bonchev–Trinajstić information content (AvgIpc) is 2.32. The number of hydrogen-bond donors (Lipinski definition) is 0. The molecule has 0 bridgehead atoms. The predicted molar refractivity (Wildman–Crippen MR) is 49.1 cm³/mol. The van der Waals surface area contributed by atoms with E-state index in [0.29, 0.717) is 13.0 Å². The van der Waals surface area contributed by atoms with Crippen LogP contribution >= 0.6 is 15.9 Å². The number of carbonyl (C=O) groups is 1. The van der Waals surface area contributed by atoms with E-state index in [1.807, 2.05) is 12.2 Å². The summed E-state index contributed by atoms with van der Waals surface area (Å²) in [5.41, 5.74) is -0.329. The number of hydrogen-bond acceptors (Lipinski definition) is 2. The third kappa shape index (κ3) is 1.39. The van der Waals surface area contributed by atoms with Crippen LogP contribution in [0.5, 0.6) is 0 Å². The Hall–Kier alpha value is -0.410. The third-order valence-electron chi connectivity index (χ3n) is 2.16.